The molecule has 5 heteroatoms. The van der Waals surface area contributed by atoms with Crippen molar-refractivity contribution >= 4 is 5.69 Å². The lowest BCUT2D eigenvalue weighted by Gasteiger charge is -2.35. The number of hydrogen-bond acceptors (Lipinski definition) is 2. The first-order chi connectivity index (χ1) is 8.38. The molecule has 1 aromatic rings. The first-order valence-corrected chi connectivity index (χ1v) is 5.93. The highest BCUT2D eigenvalue weighted by Gasteiger charge is 2.35. The summed E-state index contributed by atoms with van der Waals surface area (Å²) in [5, 5.41) is 9.19. The molecular weight excluding hydrogens is 243 g/mol. The van der Waals surface area contributed by atoms with E-state index in [1.165, 1.54) is 12.1 Å². The number of aliphatic hydroxyl groups excluding tert-OH is 1. The summed E-state index contributed by atoms with van der Waals surface area (Å²) < 4.78 is 38.5. The van der Waals surface area contributed by atoms with E-state index >= 15 is 0 Å². The van der Waals surface area contributed by atoms with Crippen molar-refractivity contribution in [3.05, 3.63) is 29.8 Å². The van der Waals surface area contributed by atoms with Crippen molar-refractivity contribution in [1.29, 1.82) is 0 Å². The van der Waals surface area contributed by atoms with E-state index < -0.39 is 11.7 Å². The molecule has 1 saturated carbocycles. The Morgan fingerprint density at radius 3 is 2.44 bits per heavy atom. The van der Waals surface area contributed by atoms with E-state index in [9.17, 15) is 18.3 Å². The molecular formula is C13H16F3NO. The molecule has 0 heterocycles. The Bertz CT molecular complexity index is 413. The van der Waals surface area contributed by atoms with E-state index in [0.29, 0.717) is 19.4 Å². The largest absolute Gasteiger partial charge is 0.418 e. The van der Waals surface area contributed by atoms with Crippen LogP contribution >= 0.6 is 0 Å². The Morgan fingerprint density at radius 2 is 1.89 bits per heavy atom. The van der Waals surface area contributed by atoms with Gasteiger partial charge in [0.25, 0.3) is 0 Å². The molecule has 2 rings (SSSR count). The molecule has 0 aliphatic heterocycles. The second-order valence-corrected chi connectivity index (χ2v) is 4.89. The fourth-order valence-corrected chi connectivity index (χ4v) is 2.38. The second-order valence-electron chi connectivity index (χ2n) is 4.89. The minimum Gasteiger partial charge on any atom is -0.393 e. The quantitative estimate of drug-likeness (QED) is 0.902. The van der Waals surface area contributed by atoms with Gasteiger partial charge in [-0.1, -0.05) is 12.1 Å². The maximum absolute atomic E-state index is 12.8. The van der Waals surface area contributed by atoms with Crippen molar-refractivity contribution in [2.75, 3.05) is 18.5 Å². The zero-order valence-electron chi connectivity index (χ0n) is 10.1. The first kappa shape index (κ1) is 13.2. The van der Waals surface area contributed by atoms with Gasteiger partial charge in [-0.3, -0.25) is 0 Å². The molecule has 1 aromatic carbocycles. The lowest BCUT2D eigenvalue weighted by atomic mass is 9.82. The van der Waals surface area contributed by atoms with E-state index in [1.54, 1.807) is 18.0 Å². The number of hydrogen-bond donors (Lipinski definition) is 1. The average Bonchev–Trinajstić information content (AvgIpc) is 2.26. The lowest BCUT2D eigenvalue weighted by molar-refractivity contribution is -0.137. The van der Waals surface area contributed by atoms with Crippen LogP contribution in [0.1, 0.15) is 18.4 Å². The van der Waals surface area contributed by atoms with E-state index in [0.717, 1.165) is 6.07 Å². The van der Waals surface area contributed by atoms with Crippen molar-refractivity contribution in [2.24, 2.45) is 5.92 Å². The van der Waals surface area contributed by atoms with Gasteiger partial charge >= 0.3 is 6.18 Å². The predicted octanol–water partition coefficient (Wildman–Crippen LogP) is 2.91. The minimum absolute atomic E-state index is 0.200. The third kappa shape index (κ3) is 2.77. The van der Waals surface area contributed by atoms with E-state index in [-0.39, 0.29) is 17.7 Å². The van der Waals surface area contributed by atoms with Gasteiger partial charge in [0.2, 0.25) is 0 Å². The zero-order valence-corrected chi connectivity index (χ0v) is 10.1. The van der Waals surface area contributed by atoms with Crippen LogP contribution in [0.5, 0.6) is 0 Å². The van der Waals surface area contributed by atoms with Crippen LogP contribution in [-0.2, 0) is 6.18 Å². The second kappa shape index (κ2) is 4.80. The van der Waals surface area contributed by atoms with Crippen LogP contribution in [0.4, 0.5) is 18.9 Å². The van der Waals surface area contributed by atoms with Gasteiger partial charge < -0.3 is 10.0 Å². The standard InChI is InChI=1S/C13H16F3NO/c1-17(8-9-6-10(18)7-9)12-5-3-2-4-11(12)13(14,15)16/h2-5,9-10,18H,6-8H2,1H3. The number of alkyl halides is 3. The molecule has 2 nitrogen and oxygen atoms in total. The van der Waals surface area contributed by atoms with E-state index in [2.05, 4.69) is 0 Å². The monoisotopic (exact) mass is 259 g/mol. The molecule has 0 saturated heterocycles. The van der Waals surface area contributed by atoms with Gasteiger partial charge in [0.15, 0.2) is 0 Å². The van der Waals surface area contributed by atoms with Crippen molar-refractivity contribution in [2.45, 2.75) is 25.1 Å². The number of rotatable bonds is 3. The minimum atomic E-state index is -4.33. The smallest absolute Gasteiger partial charge is 0.393 e. The number of anilines is 1. The number of aliphatic hydroxyl groups is 1. The van der Waals surface area contributed by atoms with Gasteiger partial charge in [0.05, 0.1) is 11.7 Å². The molecule has 1 aliphatic rings. The van der Waals surface area contributed by atoms with Crippen molar-refractivity contribution in [3.63, 3.8) is 0 Å². The van der Waals surface area contributed by atoms with Crippen LogP contribution in [0.2, 0.25) is 0 Å². The summed E-state index contributed by atoms with van der Waals surface area (Å²) in [4.78, 5) is 1.62. The van der Waals surface area contributed by atoms with Gasteiger partial charge in [-0.2, -0.15) is 13.2 Å². The van der Waals surface area contributed by atoms with Crippen molar-refractivity contribution in [1.82, 2.24) is 0 Å². The topological polar surface area (TPSA) is 23.5 Å². The summed E-state index contributed by atoms with van der Waals surface area (Å²) in [6.07, 6.45) is -3.25. The molecule has 0 aromatic heterocycles. The third-order valence-electron chi connectivity index (χ3n) is 3.36. The van der Waals surface area contributed by atoms with Gasteiger partial charge in [0, 0.05) is 19.3 Å². The Labute approximate surface area is 104 Å². The maximum atomic E-state index is 12.8. The summed E-state index contributed by atoms with van der Waals surface area (Å²) in [6, 6.07) is 5.59. The van der Waals surface area contributed by atoms with Gasteiger partial charge in [-0.25, -0.2) is 0 Å². The first-order valence-electron chi connectivity index (χ1n) is 5.93. The van der Waals surface area contributed by atoms with Crippen LogP contribution in [0.15, 0.2) is 24.3 Å². The molecule has 1 N–H and O–H groups in total. The Balaban J connectivity index is 2.12. The molecule has 0 bridgehead atoms. The van der Waals surface area contributed by atoms with E-state index in [4.69, 9.17) is 0 Å². The maximum Gasteiger partial charge on any atom is 0.418 e. The fourth-order valence-electron chi connectivity index (χ4n) is 2.38. The van der Waals surface area contributed by atoms with E-state index in [1.807, 2.05) is 0 Å². The van der Waals surface area contributed by atoms with Crippen LogP contribution in [-0.4, -0.2) is 24.8 Å². The van der Waals surface area contributed by atoms with Crippen LogP contribution in [0.25, 0.3) is 0 Å². The average molecular weight is 259 g/mol. The normalized spacial score (nSPS) is 23.6. The van der Waals surface area contributed by atoms with Crippen LogP contribution in [0.3, 0.4) is 0 Å². The highest BCUT2D eigenvalue weighted by molar-refractivity contribution is 5.54. The number of halogens is 3. The van der Waals surface area contributed by atoms with Gasteiger partial charge in [0.1, 0.15) is 0 Å². The molecule has 0 unspecified atom stereocenters. The van der Waals surface area contributed by atoms with Crippen molar-refractivity contribution in [3.8, 4) is 0 Å². The van der Waals surface area contributed by atoms with Crippen molar-refractivity contribution < 1.29 is 18.3 Å². The third-order valence-corrected chi connectivity index (χ3v) is 3.36. The molecule has 1 fully saturated rings. The SMILES string of the molecule is CN(CC1CC(O)C1)c1ccccc1C(F)(F)F. The summed E-state index contributed by atoms with van der Waals surface area (Å²) in [5.41, 5.74) is -0.404. The van der Waals surface area contributed by atoms with Crippen LogP contribution < -0.4 is 4.90 Å². The summed E-state index contributed by atoms with van der Waals surface area (Å²) in [6.45, 7) is 0.546. The fraction of sp³-hybridized carbons (Fsp3) is 0.538. The highest BCUT2D eigenvalue weighted by atomic mass is 19.4. The summed E-state index contributed by atoms with van der Waals surface area (Å²) in [7, 11) is 1.66. The Hall–Kier alpha value is -1.23. The molecule has 1 aliphatic carbocycles. The summed E-state index contributed by atoms with van der Waals surface area (Å²) >= 11 is 0. The highest BCUT2D eigenvalue weighted by Crippen LogP contribution is 2.37. The molecule has 100 valence electrons. The molecule has 0 atom stereocenters. The Morgan fingerprint density at radius 1 is 1.28 bits per heavy atom. The number of para-hydroxylation sites is 1. The molecule has 0 radical (unpaired) electrons. The number of benzene rings is 1. The van der Waals surface area contributed by atoms with Gasteiger partial charge in [-0.15, -0.1) is 0 Å². The lowest BCUT2D eigenvalue weighted by Crippen LogP contribution is -2.37. The Kier molecular flexibility index (Phi) is 3.52. The molecule has 0 amide bonds. The predicted molar refractivity (Wildman–Crippen MR) is 63.4 cm³/mol. The molecule has 0 spiro atoms. The molecule has 18 heavy (non-hydrogen) atoms. The van der Waals surface area contributed by atoms with Crippen LogP contribution in [0, 0.1) is 5.92 Å². The zero-order chi connectivity index (χ0) is 13.3. The number of nitrogens with zero attached hydrogens (tertiary/aromatic N) is 1. The summed E-state index contributed by atoms with van der Waals surface area (Å²) in [5.74, 6) is 0.284. The van der Waals surface area contributed by atoms with Gasteiger partial charge in [-0.05, 0) is 30.9 Å².